The van der Waals surface area contributed by atoms with Crippen LogP contribution < -0.4 is 14.8 Å². The Labute approximate surface area is 210 Å². The predicted molar refractivity (Wildman–Crippen MR) is 137 cm³/mol. The second-order valence-electron chi connectivity index (χ2n) is 7.39. The molecule has 3 aromatic carbocycles. The van der Waals surface area contributed by atoms with E-state index >= 15 is 0 Å². The Morgan fingerprint density at radius 1 is 1.09 bits per heavy atom. The maximum Gasteiger partial charge on any atom is 0.266 e. The van der Waals surface area contributed by atoms with Gasteiger partial charge in [-0.05, 0) is 82.9 Å². The second-order valence-corrected chi connectivity index (χ2v) is 9.16. The van der Waals surface area contributed by atoms with E-state index in [4.69, 9.17) is 9.47 Å². The molecule has 1 amide bonds. The van der Waals surface area contributed by atoms with Gasteiger partial charge in [0.25, 0.3) is 5.91 Å². The van der Waals surface area contributed by atoms with E-state index in [0.29, 0.717) is 33.8 Å². The molecule has 0 heterocycles. The number of carbonyl (C=O) groups excluding carboxylic acids is 1. The average Bonchev–Trinajstić information content (AvgIpc) is 2.79. The number of amides is 1. The van der Waals surface area contributed by atoms with Crippen LogP contribution in [0.4, 0.5) is 5.69 Å². The molecule has 7 heteroatoms. The average molecular weight is 570 g/mol. The largest absolute Gasteiger partial charge is 0.493 e. The van der Waals surface area contributed by atoms with Gasteiger partial charge in [-0.1, -0.05) is 45.8 Å². The van der Waals surface area contributed by atoms with Crippen molar-refractivity contribution < 1.29 is 14.3 Å². The zero-order valence-electron chi connectivity index (χ0n) is 18.4. The quantitative estimate of drug-likeness (QED) is 0.246. The summed E-state index contributed by atoms with van der Waals surface area (Å²) < 4.78 is 13.1. The molecule has 0 spiro atoms. The van der Waals surface area contributed by atoms with Crippen LogP contribution >= 0.6 is 31.9 Å². The van der Waals surface area contributed by atoms with Crippen molar-refractivity contribution in [2.75, 3.05) is 12.4 Å². The number of ether oxygens (including phenoxy) is 2. The summed E-state index contributed by atoms with van der Waals surface area (Å²) in [7, 11) is 1.54. The highest BCUT2D eigenvalue weighted by Gasteiger charge is 2.15. The van der Waals surface area contributed by atoms with E-state index in [-0.39, 0.29) is 5.57 Å². The Morgan fingerprint density at radius 3 is 2.45 bits per heavy atom. The van der Waals surface area contributed by atoms with Crippen LogP contribution in [0, 0.1) is 25.2 Å². The van der Waals surface area contributed by atoms with Gasteiger partial charge in [0.2, 0.25) is 0 Å². The number of carbonyl (C=O) groups is 1. The SMILES string of the molecule is COc1cc(/C=C(/C#N)C(=O)Nc2ccc(C)cc2C)cc(Br)c1OCc1ccc(Br)cc1. The first-order valence-corrected chi connectivity index (χ1v) is 11.6. The number of benzene rings is 3. The lowest BCUT2D eigenvalue weighted by Gasteiger charge is -2.14. The molecule has 0 aromatic heterocycles. The van der Waals surface area contributed by atoms with E-state index in [0.717, 1.165) is 21.2 Å². The van der Waals surface area contributed by atoms with Crippen LogP contribution in [0.5, 0.6) is 11.5 Å². The van der Waals surface area contributed by atoms with E-state index in [1.54, 1.807) is 19.2 Å². The van der Waals surface area contributed by atoms with Crippen molar-refractivity contribution in [3.8, 4) is 17.6 Å². The fourth-order valence-corrected chi connectivity index (χ4v) is 4.00. The van der Waals surface area contributed by atoms with Crippen LogP contribution in [-0.4, -0.2) is 13.0 Å². The third kappa shape index (κ3) is 6.47. The Morgan fingerprint density at radius 2 is 1.82 bits per heavy atom. The smallest absolute Gasteiger partial charge is 0.266 e. The van der Waals surface area contributed by atoms with Crippen molar-refractivity contribution in [1.29, 1.82) is 5.26 Å². The van der Waals surface area contributed by atoms with Gasteiger partial charge in [-0.2, -0.15) is 5.26 Å². The molecule has 0 atom stereocenters. The summed E-state index contributed by atoms with van der Waals surface area (Å²) in [4.78, 5) is 12.7. The summed E-state index contributed by atoms with van der Waals surface area (Å²) in [6.07, 6.45) is 1.52. The van der Waals surface area contributed by atoms with Crippen molar-refractivity contribution in [2.45, 2.75) is 20.5 Å². The highest BCUT2D eigenvalue weighted by atomic mass is 79.9. The van der Waals surface area contributed by atoms with Crippen molar-refractivity contribution in [2.24, 2.45) is 0 Å². The van der Waals surface area contributed by atoms with Crippen LogP contribution in [0.3, 0.4) is 0 Å². The number of aryl methyl sites for hydroxylation is 2. The maximum atomic E-state index is 12.7. The number of methoxy groups -OCH3 is 1. The highest BCUT2D eigenvalue weighted by molar-refractivity contribution is 9.10. The summed E-state index contributed by atoms with van der Waals surface area (Å²) in [5, 5.41) is 12.4. The molecule has 0 unspecified atom stereocenters. The van der Waals surface area contributed by atoms with Gasteiger partial charge in [0.05, 0.1) is 11.6 Å². The Hall–Kier alpha value is -3.08. The first-order chi connectivity index (χ1) is 15.8. The third-order valence-corrected chi connectivity index (χ3v) is 5.97. The molecule has 3 aromatic rings. The summed E-state index contributed by atoms with van der Waals surface area (Å²) in [5.41, 5.74) is 4.31. The van der Waals surface area contributed by atoms with Crippen molar-refractivity contribution in [3.63, 3.8) is 0 Å². The molecule has 0 radical (unpaired) electrons. The molecule has 0 aliphatic heterocycles. The van der Waals surface area contributed by atoms with E-state index in [1.807, 2.05) is 62.4 Å². The molecule has 0 fully saturated rings. The van der Waals surface area contributed by atoms with E-state index in [2.05, 4.69) is 37.2 Å². The lowest BCUT2D eigenvalue weighted by Crippen LogP contribution is -2.14. The van der Waals surface area contributed by atoms with Gasteiger partial charge in [0, 0.05) is 10.2 Å². The number of nitriles is 1. The Kier molecular flexibility index (Phi) is 8.32. The molecule has 0 aliphatic rings. The van der Waals surface area contributed by atoms with E-state index in [9.17, 15) is 10.1 Å². The number of hydrogen-bond donors (Lipinski definition) is 1. The number of nitrogens with zero attached hydrogens (tertiary/aromatic N) is 1. The van der Waals surface area contributed by atoms with Gasteiger partial charge in [-0.15, -0.1) is 0 Å². The number of hydrogen-bond acceptors (Lipinski definition) is 4. The molecule has 0 aliphatic carbocycles. The van der Waals surface area contributed by atoms with Crippen LogP contribution in [0.1, 0.15) is 22.3 Å². The van der Waals surface area contributed by atoms with Crippen LogP contribution in [0.15, 0.2) is 69.1 Å². The van der Waals surface area contributed by atoms with Gasteiger partial charge < -0.3 is 14.8 Å². The summed E-state index contributed by atoms with van der Waals surface area (Å²) in [5.74, 6) is 0.547. The normalized spacial score (nSPS) is 11.0. The van der Waals surface area contributed by atoms with Crippen molar-refractivity contribution >= 4 is 49.5 Å². The number of anilines is 1. The molecule has 0 saturated heterocycles. The molecule has 3 rings (SSSR count). The zero-order valence-corrected chi connectivity index (χ0v) is 21.6. The van der Waals surface area contributed by atoms with Crippen molar-refractivity contribution in [3.05, 3.63) is 91.4 Å². The molecule has 0 bridgehead atoms. The minimum atomic E-state index is -0.477. The van der Waals surface area contributed by atoms with E-state index < -0.39 is 5.91 Å². The molecule has 1 N–H and O–H groups in total. The van der Waals surface area contributed by atoms with Gasteiger partial charge in [0.1, 0.15) is 18.2 Å². The molecule has 168 valence electrons. The number of halogens is 2. The molecule has 5 nitrogen and oxygen atoms in total. The van der Waals surface area contributed by atoms with E-state index in [1.165, 1.54) is 6.08 Å². The Bertz CT molecular complexity index is 1250. The molecule has 0 saturated carbocycles. The van der Waals surface area contributed by atoms with Crippen LogP contribution in [0.25, 0.3) is 6.08 Å². The molecular formula is C26H22Br2N2O3. The highest BCUT2D eigenvalue weighted by Crippen LogP contribution is 2.38. The standard InChI is InChI=1S/C26H22Br2N2O3/c1-16-4-9-23(17(2)10-16)30-26(31)20(14-29)11-19-12-22(28)25(24(13-19)32-3)33-15-18-5-7-21(27)8-6-18/h4-13H,15H2,1-3H3,(H,30,31)/b20-11-. The third-order valence-electron chi connectivity index (χ3n) is 4.85. The summed E-state index contributed by atoms with van der Waals surface area (Å²) >= 11 is 6.94. The van der Waals surface area contributed by atoms with Crippen LogP contribution in [-0.2, 0) is 11.4 Å². The van der Waals surface area contributed by atoms with Gasteiger partial charge in [-0.3, -0.25) is 4.79 Å². The van der Waals surface area contributed by atoms with Gasteiger partial charge in [-0.25, -0.2) is 0 Å². The summed E-state index contributed by atoms with van der Waals surface area (Å²) in [6, 6.07) is 19.0. The Balaban J connectivity index is 1.82. The fraction of sp³-hybridized carbons (Fsp3) is 0.154. The lowest BCUT2D eigenvalue weighted by molar-refractivity contribution is -0.112. The fourth-order valence-electron chi connectivity index (χ4n) is 3.16. The predicted octanol–water partition coefficient (Wildman–Crippen LogP) is 6.96. The monoisotopic (exact) mass is 568 g/mol. The topological polar surface area (TPSA) is 71.3 Å². The number of rotatable bonds is 7. The van der Waals surface area contributed by atoms with Gasteiger partial charge in [0.15, 0.2) is 11.5 Å². The lowest BCUT2D eigenvalue weighted by atomic mass is 10.1. The zero-order chi connectivity index (χ0) is 24.0. The van der Waals surface area contributed by atoms with Crippen LogP contribution in [0.2, 0.25) is 0 Å². The maximum absolute atomic E-state index is 12.7. The first-order valence-electron chi connectivity index (χ1n) is 10.1. The van der Waals surface area contributed by atoms with Gasteiger partial charge >= 0.3 is 0 Å². The molecular weight excluding hydrogens is 548 g/mol. The minimum Gasteiger partial charge on any atom is -0.493 e. The first kappa shape index (κ1) is 24.6. The number of nitrogens with one attached hydrogen (secondary N) is 1. The second kappa shape index (κ2) is 11.2. The molecule has 33 heavy (non-hydrogen) atoms. The summed E-state index contributed by atoms with van der Waals surface area (Å²) in [6.45, 7) is 4.25. The minimum absolute atomic E-state index is 0.0209. The van der Waals surface area contributed by atoms with Crippen molar-refractivity contribution in [1.82, 2.24) is 0 Å².